The maximum Gasteiger partial charge on any atom is 0.299 e. The van der Waals surface area contributed by atoms with Crippen molar-refractivity contribution < 1.29 is 13.0 Å². The van der Waals surface area contributed by atoms with Gasteiger partial charge in [0.05, 0.1) is 22.0 Å². The molecule has 1 heterocycles. The van der Waals surface area contributed by atoms with Gasteiger partial charge in [0, 0.05) is 5.41 Å². The third kappa shape index (κ3) is 4.10. The summed E-state index contributed by atoms with van der Waals surface area (Å²) in [4.78, 5) is 12.7. The predicted octanol–water partition coefficient (Wildman–Crippen LogP) is 4.13. The van der Waals surface area contributed by atoms with Gasteiger partial charge >= 0.3 is 0 Å². The van der Waals surface area contributed by atoms with Crippen LogP contribution in [0.5, 0.6) is 0 Å². The minimum Gasteiger partial charge on any atom is -0.292 e. The number of nitrogens with one attached hydrogen (secondary N) is 1. The van der Waals surface area contributed by atoms with Crippen molar-refractivity contribution in [2.24, 2.45) is 10.2 Å². The summed E-state index contributed by atoms with van der Waals surface area (Å²) in [5.41, 5.74) is 0.968. The fourth-order valence-electron chi connectivity index (χ4n) is 2.60. The fourth-order valence-corrected chi connectivity index (χ4v) is 3.08. The van der Waals surface area contributed by atoms with Crippen LogP contribution in [0.2, 0.25) is 0 Å². The summed E-state index contributed by atoms with van der Waals surface area (Å²) >= 11 is 0. The molecule has 0 saturated heterocycles. The Bertz CT molecular complexity index is 1170. The number of benzene rings is 2. The first kappa shape index (κ1) is 19.7. The number of rotatable bonds is 4. The average Bonchev–Trinajstić information content (AvgIpc) is 2.97. The highest BCUT2D eigenvalue weighted by Gasteiger charge is 2.25. The summed E-state index contributed by atoms with van der Waals surface area (Å²) in [5.74, 6) is 0. The van der Waals surface area contributed by atoms with Gasteiger partial charge in [-0.2, -0.15) is 13.5 Å². The van der Waals surface area contributed by atoms with Crippen LogP contribution in [-0.2, 0) is 15.5 Å². The fraction of sp³-hybridized carbons (Fsp3) is 0.211. The highest BCUT2D eigenvalue weighted by molar-refractivity contribution is 7.85. The SMILES string of the molecule is CC(C)(C)c1[nH]n(-c2ccc(S(=O)(=O)O)cc2)c(=O)c1N=Nc1ccccc1. The Hall–Kier alpha value is -3.04. The van der Waals surface area contributed by atoms with E-state index in [0.29, 0.717) is 17.1 Å². The standard InChI is InChI=1S/C19H20N4O4S/c1-19(2,3)17-16(21-20-13-7-5-4-6-8-13)18(24)23(22-17)14-9-11-15(12-10-14)28(25,26)27/h4-12,22H,1-3H3,(H,25,26,27). The first-order chi connectivity index (χ1) is 13.1. The van der Waals surface area contributed by atoms with Crippen LogP contribution in [0.3, 0.4) is 0 Å². The number of H-pyrrole nitrogens is 1. The molecule has 146 valence electrons. The van der Waals surface area contributed by atoms with Crippen molar-refractivity contribution in [1.29, 1.82) is 0 Å². The van der Waals surface area contributed by atoms with Gasteiger partial charge in [0.1, 0.15) is 0 Å². The number of aromatic amines is 1. The quantitative estimate of drug-likeness (QED) is 0.506. The number of hydrogen-bond acceptors (Lipinski definition) is 5. The maximum absolute atomic E-state index is 13.0. The summed E-state index contributed by atoms with van der Waals surface area (Å²) in [5, 5.41) is 11.4. The molecule has 0 saturated carbocycles. The smallest absolute Gasteiger partial charge is 0.292 e. The van der Waals surface area contributed by atoms with Crippen LogP contribution in [-0.4, -0.2) is 22.8 Å². The second-order valence-corrected chi connectivity index (χ2v) is 8.65. The van der Waals surface area contributed by atoms with Crippen LogP contribution in [0.1, 0.15) is 26.5 Å². The van der Waals surface area contributed by atoms with Crippen molar-refractivity contribution in [3.8, 4) is 5.69 Å². The molecule has 28 heavy (non-hydrogen) atoms. The molecule has 3 rings (SSSR count). The summed E-state index contributed by atoms with van der Waals surface area (Å²) < 4.78 is 32.8. The van der Waals surface area contributed by atoms with Gasteiger partial charge in [0.2, 0.25) is 0 Å². The monoisotopic (exact) mass is 400 g/mol. The van der Waals surface area contributed by atoms with Crippen LogP contribution in [0.25, 0.3) is 5.69 Å². The summed E-state index contributed by atoms with van der Waals surface area (Å²) in [7, 11) is -4.31. The van der Waals surface area contributed by atoms with Gasteiger partial charge in [-0.1, -0.05) is 39.0 Å². The van der Waals surface area contributed by atoms with E-state index in [4.69, 9.17) is 4.55 Å². The first-order valence-corrected chi connectivity index (χ1v) is 9.91. The Morgan fingerprint density at radius 1 is 0.964 bits per heavy atom. The lowest BCUT2D eigenvalue weighted by Gasteiger charge is -2.16. The van der Waals surface area contributed by atoms with Gasteiger partial charge in [-0.15, -0.1) is 5.11 Å². The predicted molar refractivity (Wildman–Crippen MR) is 106 cm³/mol. The van der Waals surface area contributed by atoms with E-state index in [2.05, 4.69) is 15.3 Å². The van der Waals surface area contributed by atoms with Crippen molar-refractivity contribution in [3.63, 3.8) is 0 Å². The number of aromatic nitrogens is 2. The van der Waals surface area contributed by atoms with E-state index in [1.54, 1.807) is 12.1 Å². The Morgan fingerprint density at radius 3 is 2.11 bits per heavy atom. The molecule has 2 N–H and O–H groups in total. The van der Waals surface area contributed by atoms with Crippen molar-refractivity contribution in [3.05, 3.63) is 70.6 Å². The van der Waals surface area contributed by atoms with Crippen LogP contribution >= 0.6 is 0 Å². The van der Waals surface area contributed by atoms with E-state index in [1.807, 2.05) is 39.0 Å². The molecule has 0 aliphatic carbocycles. The van der Waals surface area contributed by atoms with Gasteiger partial charge in [-0.3, -0.25) is 14.4 Å². The molecule has 0 atom stereocenters. The van der Waals surface area contributed by atoms with Crippen LogP contribution < -0.4 is 5.56 Å². The second-order valence-electron chi connectivity index (χ2n) is 7.23. The van der Waals surface area contributed by atoms with Gasteiger partial charge in [-0.25, -0.2) is 4.68 Å². The molecule has 0 radical (unpaired) electrons. The molecule has 8 nitrogen and oxygen atoms in total. The van der Waals surface area contributed by atoms with Crippen molar-refractivity contribution in [2.75, 3.05) is 0 Å². The lowest BCUT2D eigenvalue weighted by atomic mass is 9.91. The van der Waals surface area contributed by atoms with E-state index in [1.165, 1.54) is 28.9 Å². The third-order valence-electron chi connectivity index (χ3n) is 4.03. The van der Waals surface area contributed by atoms with Crippen molar-refractivity contribution in [2.45, 2.75) is 31.1 Å². The second kappa shape index (κ2) is 7.17. The maximum atomic E-state index is 13.0. The van der Waals surface area contributed by atoms with Gasteiger partial charge in [0.25, 0.3) is 15.7 Å². The number of hydrogen-bond donors (Lipinski definition) is 2. The van der Waals surface area contributed by atoms with Crippen LogP contribution in [0.4, 0.5) is 11.4 Å². The Labute approximate surface area is 162 Å². The first-order valence-electron chi connectivity index (χ1n) is 8.47. The Morgan fingerprint density at radius 2 is 1.57 bits per heavy atom. The number of nitrogens with zero attached hydrogens (tertiary/aromatic N) is 3. The van der Waals surface area contributed by atoms with Crippen molar-refractivity contribution in [1.82, 2.24) is 9.78 Å². The molecule has 3 aromatic rings. The van der Waals surface area contributed by atoms with Crippen LogP contribution in [0, 0.1) is 0 Å². The van der Waals surface area contributed by atoms with E-state index in [0.717, 1.165) is 0 Å². The van der Waals surface area contributed by atoms with E-state index in [-0.39, 0.29) is 10.6 Å². The average molecular weight is 400 g/mol. The molecule has 0 unspecified atom stereocenters. The Balaban J connectivity index is 2.10. The largest absolute Gasteiger partial charge is 0.299 e. The van der Waals surface area contributed by atoms with E-state index < -0.39 is 21.1 Å². The van der Waals surface area contributed by atoms with E-state index >= 15 is 0 Å². The number of azo groups is 1. The zero-order chi connectivity index (χ0) is 20.5. The zero-order valence-corrected chi connectivity index (χ0v) is 16.4. The molecule has 9 heteroatoms. The minimum atomic E-state index is -4.31. The van der Waals surface area contributed by atoms with Crippen LogP contribution in [0.15, 0.2) is 74.5 Å². The van der Waals surface area contributed by atoms with Gasteiger partial charge in [-0.05, 0) is 36.4 Å². The summed E-state index contributed by atoms with van der Waals surface area (Å²) in [6.07, 6.45) is 0. The van der Waals surface area contributed by atoms with Gasteiger partial charge < -0.3 is 0 Å². The van der Waals surface area contributed by atoms with E-state index in [9.17, 15) is 13.2 Å². The van der Waals surface area contributed by atoms with Crippen molar-refractivity contribution >= 4 is 21.5 Å². The molecular formula is C19H20N4O4S. The molecule has 0 aliphatic rings. The third-order valence-corrected chi connectivity index (χ3v) is 4.90. The molecule has 0 fully saturated rings. The summed E-state index contributed by atoms with van der Waals surface area (Å²) in [6, 6.07) is 14.4. The zero-order valence-electron chi connectivity index (χ0n) is 15.6. The molecule has 1 aromatic heterocycles. The van der Waals surface area contributed by atoms with Gasteiger partial charge in [0.15, 0.2) is 5.69 Å². The normalized spacial score (nSPS) is 12.6. The molecule has 0 amide bonds. The molecular weight excluding hydrogens is 380 g/mol. The molecule has 0 spiro atoms. The molecule has 0 bridgehead atoms. The highest BCUT2D eigenvalue weighted by atomic mass is 32.2. The molecule has 2 aromatic carbocycles. The Kier molecular flexibility index (Phi) is 5.05. The minimum absolute atomic E-state index is 0.176. The summed E-state index contributed by atoms with van der Waals surface area (Å²) in [6.45, 7) is 5.81. The lowest BCUT2D eigenvalue weighted by Crippen LogP contribution is -2.14. The molecule has 0 aliphatic heterocycles. The lowest BCUT2D eigenvalue weighted by molar-refractivity contribution is 0.483. The topological polar surface area (TPSA) is 117 Å². The highest BCUT2D eigenvalue weighted by Crippen LogP contribution is 2.29.